The van der Waals surface area contributed by atoms with Crippen LogP contribution >= 0.6 is 35.4 Å². The van der Waals surface area contributed by atoms with Gasteiger partial charge in [0.25, 0.3) is 5.91 Å². The van der Waals surface area contributed by atoms with Gasteiger partial charge in [-0.25, -0.2) is 0 Å². The number of anilines is 2. The minimum atomic E-state index is -0.380. The summed E-state index contributed by atoms with van der Waals surface area (Å²) in [6.07, 6.45) is 3.79. The Hall–Kier alpha value is -1.82. The number of carbonyl (C=O) groups excluding carboxylic acids is 1. The van der Waals surface area contributed by atoms with Crippen molar-refractivity contribution in [1.82, 2.24) is 5.32 Å². The molecule has 3 rings (SSSR count). The molecule has 136 valence electrons. The Morgan fingerprint density at radius 1 is 1.00 bits per heavy atom. The zero-order valence-corrected chi connectivity index (χ0v) is 16.4. The summed E-state index contributed by atoms with van der Waals surface area (Å²) >= 11 is 17.1. The Kier molecular flexibility index (Phi) is 6.35. The summed E-state index contributed by atoms with van der Waals surface area (Å²) in [7, 11) is 0. The molecule has 7 heteroatoms. The molecule has 0 bridgehead atoms. The first-order chi connectivity index (χ1) is 12.5. The molecule has 0 aromatic heterocycles. The van der Waals surface area contributed by atoms with E-state index in [2.05, 4.69) is 27.7 Å². The second-order valence-electron chi connectivity index (χ2n) is 6.13. The normalized spacial score (nSPS) is 14.0. The zero-order valence-electron chi connectivity index (χ0n) is 14.1. The number of hydrogen-bond acceptors (Lipinski definition) is 3. The van der Waals surface area contributed by atoms with E-state index in [9.17, 15) is 4.79 Å². The van der Waals surface area contributed by atoms with E-state index in [4.69, 9.17) is 35.4 Å². The number of nitrogens with zero attached hydrogens (tertiary/aromatic N) is 1. The summed E-state index contributed by atoms with van der Waals surface area (Å²) < 4.78 is 0. The SMILES string of the molecule is O=C(NC(=S)Nc1ccc(N2CCCCC2)cc1)c1ccc(Cl)cc1Cl. The Morgan fingerprint density at radius 3 is 2.35 bits per heavy atom. The number of amides is 1. The van der Waals surface area contributed by atoms with Crippen LogP contribution < -0.4 is 15.5 Å². The minimum absolute atomic E-state index is 0.215. The first-order valence-electron chi connectivity index (χ1n) is 8.45. The van der Waals surface area contributed by atoms with Gasteiger partial charge in [-0.15, -0.1) is 0 Å². The van der Waals surface area contributed by atoms with Crippen LogP contribution in [-0.2, 0) is 0 Å². The lowest BCUT2D eigenvalue weighted by Crippen LogP contribution is -2.34. The van der Waals surface area contributed by atoms with Gasteiger partial charge in [-0.05, 0) is 73.9 Å². The average molecular weight is 408 g/mol. The highest BCUT2D eigenvalue weighted by atomic mass is 35.5. The van der Waals surface area contributed by atoms with Gasteiger partial charge in [0.05, 0.1) is 10.6 Å². The van der Waals surface area contributed by atoms with Crippen molar-refractivity contribution in [2.45, 2.75) is 19.3 Å². The van der Waals surface area contributed by atoms with Crippen molar-refractivity contribution in [2.24, 2.45) is 0 Å². The topological polar surface area (TPSA) is 44.4 Å². The molecule has 1 amide bonds. The molecule has 0 aliphatic carbocycles. The Morgan fingerprint density at radius 2 is 1.69 bits per heavy atom. The minimum Gasteiger partial charge on any atom is -0.372 e. The number of rotatable bonds is 3. The van der Waals surface area contributed by atoms with Crippen molar-refractivity contribution in [2.75, 3.05) is 23.3 Å². The number of nitrogens with one attached hydrogen (secondary N) is 2. The monoisotopic (exact) mass is 407 g/mol. The molecule has 0 radical (unpaired) electrons. The largest absolute Gasteiger partial charge is 0.372 e. The Bertz CT molecular complexity index is 805. The van der Waals surface area contributed by atoms with E-state index in [0.717, 1.165) is 18.8 Å². The molecule has 2 aromatic rings. The smallest absolute Gasteiger partial charge is 0.258 e. The Balaban J connectivity index is 1.58. The number of thiocarbonyl (C=S) groups is 1. The standard InChI is InChI=1S/C19H19Cl2N3OS/c20-13-4-9-16(17(21)12-13)18(25)23-19(26)22-14-5-7-15(8-6-14)24-10-2-1-3-11-24/h4-9,12H,1-3,10-11H2,(H2,22,23,25,26). The maximum Gasteiger partial charge on any atom is 0.258 e. The third-order valence-electron chi connectivity index (χ3n) is 4.25. The first kappa shape index (κ1) is 19.0. The predicted octanol–water partition coefficient (Wildman–Crippen LogP) is 5.11. The molecule has 0 unspecified atom stereocenters. The molecule has 1 aliphatic rings. The van der Waals surface area contributed by atoms with Crippen LogP contribution in [0.25, 0.3) is 0 Å². The molecular weight excluding hydrogens is 389 g/mol. The zero-order chi connectivity index (χ0) is 18.5. The summed E-state index contributed by atoms with van der Waals surface area (Å²) in [5, 5.41) is 6.61. The van der Waals surface area contributed by atoms with Gasteiger partial charge in [0.15, 0.2) is 5.11 Å². The van der Waals surface area contributed by atoms with Crippen LogP contribution in [-0.4, -0.2) is 24.1 Å². The van der Waals surface area contributed by atoms with Crippen molar-refractivity contribution in [3.05, 3.63) is 58.1 Å². The molecule has 2 N–H and O–H groups in total. The molecule has 1 aliphatic heterocycles. The molecule has 0 spiro atoms. The maximum absolute atomic E-state index is 12.3. The third-order valence-corrected chi connectivity index (χ3v) is 5.00. The van der Waals surface area contributed by atoms with E-state index >= 15 is 0 Å². The summed E-state index contributed by atoms with van der Waals surface area (Å²) in [5.74, 6) is -0.380. The lowest BCUT2D eigenvalue weighted by molar-refractivity contribution is 0.0978. The number of carbonyl (C=O) groups is 1. The van der Waals surface area contributed by atoms with Crippen molar-refractivity contribution in [1.29, 1.82) is 0 Å². The van der Waals surface area contributed by atoms with Crippen LogP contribution in [0.5, 0.6) is 0 Å². The number of halogens is 2. The highest BCUT2D eigenvalue weighted by molar-refractivity contribution is 7.80. The van der Waals surface area contributed by atoms with E-state index < -0.39 is 0 Å². The van der Waals surface area contributed by atoms with Gasteiger partial charge >= 0.3 is 0 Å². The van der Waals surface area contributed by atoms with Crippen LogP contribution in [0.2, 0.25) is 10.0 Å². The Labute approximate surface area is 168 Å². The first-order valence-corrected chi connectivity index (χ1v) is 9.62. The van der Waals surface area contributed by atoms with Gasteiger partial charge in [0.1, 0.15) is 0 Å². The molecule has 26 heavy (non-hydrogen) atoms. The van der Waals surface area contributed by atoms with E-state index in [1.165, 1.54) is 31.0 Å². The molecule has 0 atom stereocenters. The van der Waals surface area contributed by atoms with Crippen LogP contribution in [0.3, 0.4) is 0 Å². The van der Waals surface area contributed by atoms with Gasteiger partial charge in [-0.3, -0.25) is 10.1 Å². The lowest BCUT2D eigenvalue weighted by atomic mass is 10.1. The van der Waals surface area contributed by atoms with Crippen molar-refractivity contribution >= 4 is 57.8 Å². The van der Waals surface area contributed by atoms with Gasteiger partial charge in [0.2, 0.25) is 0 Å². The number of benzene rings is 2. The molecule has 1 fully saturated rings. The van der Waals surface area contributed by atoms with Gasteiger partial charge < -0.3 is 10.2 Å². The molecule has 0 saturated carbocycles. The van der Waals surface area contributed by atoms with Crippen LogP contribution in [0.1, 0.15) is 29.6 Å². The van der Waals surface area contributed by atoms with Gasteiger partial charge in [-0.1, -0.05) is 23.2 Å². The van der Waals surface area contributed by atoms with Gasteiger partial charge in [-0.2, -0.15) is 0 Å². The second-order valence-corrected chi connectivity index (χ2v) is 7.38. The molecular formula is C19H19Cl2N3OS. The third kappa shape index (κ3) is 4.87. The van der Waals surface area contributed by atoms with E-state index in [-0.39, 0.29) is 16.0 Å². The average Bonchev–Trinajstić information content (AvgIpc) is 2.63. The van der Waals surface area contributed by atoms with Crippen molar-refractivity contribution in [3.8, 4) is 0 Å². The highest BCUT2D eigenvalue weighted by Gasteiger charge is 2.13. The summed E-state index contributed by atoms with van der Waals surface area (Å²) in [4.78, 5) is 14.7. The molecule has 2 aromatic carbocycles. The fraction of sp³-hybridized carbons (Fsp3) is 0.263. The number of piperidine rings is 1. The van der Waals surface area contributed by atoms with E-state index in [1.54, 1.807) is 12.1 Å². The van der Waals surface area contributed by atoms with Crippen LogP contribution in [0.4, 0.5) is 11.4 Å². The number of hydrogen-bond donors (Lipinski definition) is 2. The summed E-state index contributed by atoms with van der Waals surface area (Å²) in [5.41, 5.74) is 2.34. The van der Waals surface area contributed by atoms with E-state index in [0.29, 0.717) is 10.6 Å². The van der Waals surface area contributed by atoms with Gasteiger partial charge in [0, 0.05) is 29.5 Å². The lowest BCUT2D eigenvalue weighted by Gasteiger charge is -2.28. The fourth-order valence-electron chi connectivity index (χ4n) is 2.91. The van der Waals surface area contributed by atoms with Crippen molar-refractivity contribution in [3.63, 3.8) is 0 Å². The second kappa shape index (κ2) is 8.71. The van der Waals surface area contributed by atoms with E-state index in [1.807, 2.05) is 12.1 Å². The summed E-state index contributed by atoms with van der Waals surface area (Å²) in [6, 6.07) is 12.7. The van der Waals surface area contributed by atoms with Crippen LogP contribution in [0, 0.1) is 0 Å². The van der Waals surface area contributed by atoms with Crippen molar-refractivity contribution < 1.29 is 4.79 Å². The maximum atomic E-state index is 12.3. The summed E-state index contributed by atoms with van der Waals surface area (Å²) in [6.45, 7) is 2.20. The fourth-order valence-corrected chi connectivity index (χ4v) is 3.62. The molecule has 1 saturated heterocycles. The molecule has 1 heterocycles. The highest BCUT2D eigenvalue weighted by Crippen LogP contribution is 2.22. The quantitative estimate of drug-likeness (QED) is 0.693. The molecule has 4 nitrogen and oxygen atoms in total. The van der Waals surface area contributed by atoms with Crippen LogP contribution in [0.15, 0.2) is 42.5 Å². The predicted molar refractivity (Wildman–Crippen MR) is 113 cm³/mol.